The molecule has 1 aliphatic carbocycles. The maximum Gasteiger partial charge on any atom is 0.133 e. The minimum atomic E-state index is 0.500. The SMILES string of the molecule is Nc1cc(Cl)nc(N2CCCC3CCCC32)c1. The summed E-state index contributed by atoms with van der Waals surface area (Å²) in [6, 6.07) is 4.32. The molecule has 1 saturated heterocycles. The minimum Gasteiger partial charge on any atom is -0.399 e. The molecule has 0 amide bonds. The summed E-state index contributed by atoms with van der Waals surface area (Å²) in [5.74, 6) is 1.82. The first-order valence-electron chi connectivity index (χ1n) is 6.44. The lowest BCUT2D eigenvalue weighted by Crippen LogP contribution is -2.43. The van der Waals surface area contributed by atoms with Crippen LogP contribution < -0.4 is 10.6 Å². The van der Waals surface area contributed by atoms with E-state index >= 15 is 0 Å². The van der Waals surface area contributed by atoms with Crippen molar-refractivity contribution in [2.45, 2.75) is 38.1 Å². The molecule has 2 aliphatic rings. The largest absolute Gasteiger partial charge is 0.399 e. The molecule has 2 fully saturated rings. The number of anilines is 2. The molecule has 3 rings (SSSR count). The molecular weight excluding hydrogens is 234 g/mol. The van der Waals surface area contributed by atoms with Crippen LogP contribution in [-0.4, -0.2) is 17.6 Å². The monoisotopic (exact) mass is 251 g/mol. The number of piperidine rings is 1. The van der Waals surface area contributed by atoms with Crippen LogP contribution >= 0.6 is 11.6 Å². The molecule has 1 saturated carbocycles. The van der Waals surface area contributed by atoms with Gasteiger partial charge in [-0.1, -0.05) is 18.0 Å². The van der Waals surface area contributed by atoms with Gasteiger partial charge in [0.15, 0.2) is 0 Å². The van der Waals surface area contributed by atoms with Crippen LogP contribution in [0, 0.1) is 5.92 Å². The molecule has 0 aromatic carbocycles. The van der Waals surface area contributed by atoms with Crippen LogP contribution in [0.5, 0.6) is 0 Å². The Kier molecular flexibility index (Phi) is 2.87. The summed E-state index contributed by atoms with van der Waals surface area (Å²) >= 11 is 5.99. The highest BCUT2D eigenvalue weighted by molar-refractivity contribution is 6.29. The second kappa shape index (κ2) is 4.37. The molecule has 4 heteroatoms. The Balaban J connectivity index is 1.91. The number of rotatable bonds is 1. The number of fused-ring (bicyclic) bond motifs is 1. The minimum absolute atomic E-state index is 0.500. The average Bonchev–Trinajstić information content (AvgIpc) is 2.75. The number of nitrogen functional groups attached to an aromatic ring is 1. The van der Waals surface area contributed by atoms with Gasteiger partial charge < -0.3 is 10.6 Å². The van der Waals surface area contributed by atoms with Crippen molar-refractivity contribution in [2.24, 2.45) is 5.92 Å². The summed E-state index contributed by atoms with van der Waals surface area (Å²) in [5.41, 5.74) is 6.56. The van der Waals surface area contributed by atoms with Crippen LogP contribution in [0.3, 0.4) is 0 Å². The second-order valence-electron chi connectivity index (χ2n) is 5.18. The highest BCUT2D eigenvalue weighted by atomic mass is 35.5. The van der Waals surface area contributed by atoms with E-state index in [1.807, 2.05) is 6.07 Å². The van der Waals surface area contributed by atoms with Crippen LogP contribution in [-0.2, 0) is 0 Å². The van der Waals surface area contributed by atoms with Gasteiger partial charge in [-0.15, -0.1) is 0 Å². The maximum absolute atomic E-state index is 5.99. The van der Waals surface area contributed by atoms with Crippen molar-refractivity contribution in [3.63, 3.8) is 0 Å². The van der Waals surface area contributed by atoms with E-state index in [1.165, 1.54) is 32.1 Å². The summed E-state index contributed by atoms with van der Waals surface area (Å²) in [7, 11) is 0. The van der Waals surface area contributed by atoms with E-state index in [0.29, 0.717) is 16.9 Å². The molecule has 2 N–H and O–H groups in total. The predicted octanol–water partition coefficient (Wildman–Crippen LogP) is 3.09. The van der Waals surface area contributed by atoms with Gasteiger partial charge in [-0.2, -0.15) is 0 Å². The summed E-state index contributed by atoms with van der Waals surface area (Å²) in [4.78, 5) is 6.85. The number of hydrogen-bond donors (Lipinski definition) is 1. The molecule has 17 heavy (non-hydrogen) atoms. The zero-order chi connectivity index (χ0) is 11.8. The fraction of sp³-hybridized carbons (Fsp3) is 0.615. The molecule has 2 heterocycles. The third kappa shape index (κ3) is 2.08. The van der Waals surface area contributed by atoms with Crippen LogP contribution in [0.15, 0.2) is 12.1 Å². The molecule has 2 atom stereocenters. The van der Waals surface area contributed by atoms with Crippen molar-refractivity contribution in [1.29, 1.82) is 0 Å². The normalized spacial score (nSPS) is 28.2. The predicted molar refractivity (Wildman–Crippen MR) is 71.4 cm³/mol. The molecule has 92 valence electrons. The molecular formula is C13H18ClN3. The van der Waals surface area contributed by atoms with Crippen LogP contribution in [0.4, 0.5) is 11.5 Å². The summed E-state index contributed by atoms with van der Waals surface area (Å²) in [5, 5.41) is 0.500. The number of hydrogen-bond acceptors (Lipinski definition) is 3. The average molecular weight is 252 g/mol. The Morgan fingerprint density at radius 2 is 2.06 bits per heavy atom. The van der Waals surface area contributed by atoms with Crippen molar-refractivity contribution in [1.82, 2.24) is 4.98 Å². The van der Waals surface area contributed by atoms with Crippen molar-refractivity contribution in [3.05, 3.63) is 17.3 Å². The second-order valence-corrected chi connectivity index (χ2v) is 5.56. The lowest BCUT2D eigenvalue weighted by Gasteiger charge is -2.38. The third-order valence-corrected chi connectivity index (χ3v) is 4.28. The van der Waals surface area contributed by atoms with E-state index in [2.05, 4.69) is 9.88 Å². The standard InChI is InChI=1S/C13H18ClN3/c14-12-7-10(15)8-13(16-12)17-6-2-4-9-3-1-5-11(9)17/h7-9,11H,1-6H2,(H2,15,16). The first-order chi connectivity index (χ1) is 8.24. The number of nitrogens with two attached hydrogens (primary N) is 1. The van der Waals surface area contributed by atoms with E-state index in [1.54, 1.807) is 6.07 Å². The number of pyridine rings is 1. The number of aromatic nitrogens is 1. The number of nitrogens with zero attached hydrogens (tertiary/aromatic N) is 2. The quantitative estimate of drug-likeness (QED) is 0.780. The zero-order valence-corrected chi connectivity index (χ0v) is 10.7. The van der Waals surface area contributed by atoms with Gasteiger partial charge in [0.05, 0.1) is 0 Å². The Morgan fingerprint density at radius 1 is 1.24 bits per heavy atom. The third-order valence-electron chi connectivity index (χ3n) is 4.09. The van der Waals surface area contributed by atoms with Gasteiger partial charge in [0, 0.05) is 24.3 Å². The molecule has 0 spiro atoms. The topological polar surface area (TPSA) is 42.1 Å². The van der Waals surface area contributed by atoms with Crippen LogP contribution in [0.2, 0.25) is 5.15 Å². The molecule has 0 bridgehead atoms. The van der Waals surface area contributed by atoms with Crippen LogP contribution in [0.25, 0.3) is 0 Å². The lowest BCUT2D eigenvalue weighted by atomic mass is 9.92. The first kappa shape index (κ1) is 11.1. The Bertz CT molecular complexity index is 401. The fourth-order valence-corrected chi connectivity index (χ4v) is 3.60. The van der Waals surface area contributed by atoms with E-state index in [4.69, 9.17) is 17.3 Å². The smallest absolute Gasteiger partial charge is 0.133 e. The maximum atomic E-state index is 5.99. The molecule has 1 aliphatic heterocycles. The van der Waals surface area contributed by atoms with Gasteiger partial charge in [0.25, 0.3) is 0 Å². The summed E-state index contributed by atoms with van der Waals surface area (Å²) in [6.07, 6.45) is 6.64. The highest BCUT2D eigenvalue weighted by Gasteiger charge is 2.35. The highest BCUT2D eigenvalue weighted by Crippen LogP contribution is 2.39. The van der Waals surface area contributed by atoms with Gasteiger partial charge in [0.2, 0.25) is 0 Å². The van der Waals surface area contributed by atoms with Gasteiger partial charge in [-0.3, -0.25) is 0 Å². The van der Waals surface area contributed by atoms with Crippen molar-refractivity contribution in [2.75, 3.05) is 17.2 Å². The molecule has 2 unspecified atom stereocenters. The van der Waals surface area contributed by atoms with E-state index < -0.39 is 0 Å². The van der Waals surface area contributed by atoms with E-state index in [9.17, 15) is 0 Å². The van der Waals surface area contributed by atoms with E-state index in [-0.39, 0.29) is 0 Å². The van der Waals surface area contributed by atoms with Gasteiger partial charge in [-0.05, 0) is 37.7 Å². The Hall–Kier alpha value is -0.960. The van der Waals surface area contributed by atoms with E-state index in [0.717, 1.165) is 18.3 Å². The van der Waals surface area contributed by atoms with Crippen molar-refractivity contribution >= 4 is 23.1 Å². The fourth-order valence-electron chi connectivity index (χ4n) is 3.39. The zero-order valence-electron chi connectivity index (χ0n) is 9.90. The van der Waals surface area contributed by atoms with Crippen LogP contribution in [0.1, 0.15) is 32.1 Å². The summed E-state index contributed by atoms with van der Waals surface area (Å²) in [6.45, 7) is 1.09. The van der Waals surface area contributed by atoms with Crippen molar-refractivity contribution in [3.8, 4) is 0 Å². The van der Waals surface area contributed by atoms with Gasteiger partial charge >= 0.3 is 0 Å². The van der Waals surface area contributed by atoms with Gasteiger partial charge in [0.1, 0.15) is 11.0 Å². The molecule has 1 aromatic heterocycles. The summed E-state index contributed by atoms with van der Waals surface area (Å²) < 4.78 is 0. The van der Waals surface area contributed by atoms with Gasteiger partial charge in [-0.25, -0.2) is 4.98 Å². The molecule has 3 nitrogen and oxygen atoms in total. The Morgan fingerprint density at radius 3 is 2.88 bits per heavy atom. The lowest BCUT2D eigenvalue weighted by molar-refractivity contribution is 0.360. The first-order valence-corrected chi connectivity index (χ1v) is 6.81. The number of halogens is 1. The molecule has 0 radical (unpaired) electrons. The Labute approximate surface area is 107 Å². The van der Waals surface area contributed by atoms with Crippen molar-refractivity contribution < 1.29 is 0 Å². The molecule has 1 aromatic rings.